The average Bonchev–Trinajstić information content (AvgIpc) is 3.24. The summed E-state index contributed by atoms with van der Waals surface area (Å²) in [6.07, 6.45) is 2.38. The minimum Gasteiger partial charge on any atom is -0.451 e. The Morgan fingerprint density at radius 3 is 1.18 bits per heavy atom. The molecular weight excluding hydrogens is 913 g/mol. The summed E-state index contributed by atoms with van der Waals surface area (Å²) in [4.78, 5) is 34.4. The zero-order valence-electron chi connectivity index (χ0n) is 35.4. The van der Waals surface area contributed by atoms with Crippen molar-refractivity contribution in [3.63, 3.8) is 0 Å². The Kier molecular flexibility index (Phi) is 16.8. The van der Waals surface area contributed by atoms with Gasteiger partial charge in [-0.25, -0.2) is 43.8 Å². The van der Waals surface area contributed by atoms with Crippen LogP contribution < -0.4 is 41.9 Å². The van der Waals surface area contributed by atoms with Crippen molar-refractivity contribution in [3.8, 4) is 23.0 Å². The fourth-order valence-corrected chi connectivity index (χ4v) is 8.29. The molecule has 1 aliphatic heterocycles. The van der Waals surface area contributed by atoms with Gasteiger partial charge >= 0.3 is 0 Å². The molecule has 10 N–H and O–H groups in total. The predicted octanol–water partition coefficient (Wildman–Crippen LogP) is 3.11. The van der Waals surface area contributed by atoms with E-state index in [2.05, 4.69) is 19.4 Å². The van der Waals surface area contributed by atoms with E-state index in [1.165, 1.54) is 74.5 Å². The third kappa shape index (κ3) is 14.1. The molecule has 0 aliphatic carbocycles. The molecule has 352 valence electrons. The first kappa shape index (κ1) is 50.3. The Bertz CT molecular complexity index is 2560. The van der Waals surface area contributed by atoms with E-state index >= 15 is 0 Å². The maximum Gasteiger partial charge on any atom is 0.275 e. The molecule has 1 saturated heterocycles. The minimum absolute atomic E-state index is 0.00699. The molecule has 1 fully saturated rings. The van der Waals surface area contributed by atoms with Crippen molar-refractivity contribution in [3.05, 3.63) is 118 Å². The first-order valence-corrected chi connectivity index (χ1v) is 22.7. The number of ether oxygens (including phenoxy) is 2. The summed E-state index contributed by atoms with van der Waals surface area (Å²) >= 11 is 0. The number of nitrogens with one attached hydrogen (secondary N) is 2. The Balaban J connectivity index is 1.03. The number of sulfonamides is 2. The number of amides is 2. The number of benzene rings is 4. The van der Waals surface area contributed by atoms with Gasteiger partial charge in [-0.05, 0) is 110 Å². The molecule has 4 aromatic rings. The number of halogens is 4. The SMILES string of the molecule is C/C(=C\c1cc(F)c(Oc2ccc(S(=O)(=O)NCCN3CCN(CCNS(=O)(=O)c4ccc(Oc5c(F)cc(/C=C(\C)C(=O)N=C(N)N)cc5F)cc4)CC3)cc2)c(F)c1)C(=O)N=C(N)N. The molecule has 0 radical (unpaired) electrons. The summed E-state index contributed by atoms with van der Waals surface area (Å²) < 4.78 is 127. The second-order valence-electron chi connectivity index (χ2n) is 14.6. The summed E-state index contributed by atoms with van der Waals surface area (Å²) in [5, 5.41) is 0. The van der Waals surface area contributed by atoms with Crippen LogP contribution in [0, 0.1) is 23.3 Å². The van der Waals surface area contributed by atoms with Crippen molar-refractivity contribution in [2.75, 3.05) is 52.4 Å². The van der Waals surface area contributed by atoms with Gasteiger partial charge in [0.1, 0.15) is 11.5 Å². The van der Waals surface area contributed by atoms with Crippen molar-refractivity contribution in [2.45, 2.75) is 23.6 Å². The largest absolute Gasteiger partial charge is 0.451 e. The monoisotopic (exact) mass is 958 g/mol. The Morgan fingerprint density at radius 1 is 0.591 bits per heavy atom. The zero-order valence-corrected chi connectivity index (χ0v) is 37.1. The number of carbonyl (C=O) groups excluding carboxylic acids is 2. The molecular formula is C42H46F4N10O8S2. The molecule has 18 nitrogen and oxygen atoms in total. The lowest BCUT2D eigenvalue weighted by molar-refractivity contribution is -0.115. The van der Waals surface area contributed by atoms with Crippen LogP contribution in [0.15, 0.2) is 104 Å². The van der Waals surface area contributed by atoms with Crippen LogP contribution in [-0.2, 0) is 29.6 Å². The van der Waals surface area contributed by atoms with Crippen LogP contribution in [0.3, 0.4) is 0 Å². The summed E-state index contributed by atoms with van der Waals surface area (Å²) in [6.45, 7) is 6.00. The maximum absolute atomic E-state index is 14.8. The average molecular weight is 959 g/mol. The van der Waals surface area contributed by atoms with Crippen LogP contribution in [0.1, 0.15) is 25.0 Å². The highest BCUT2D eigenvalue weighted by molar-refractivity contribution is 7.89. The van der Waals surface area contributed by atoms with E-state index in [0.717, 1.165) is 24.3 Å². The number of guanidine groups is 2. The highest BCUT2D eigenvalue weighted by Gasteiger charge is 2.22. The molecule has 2 amide bonds. The number of carbonyl (C=O) groups is 2. The van der Waals surface area contributed by atoms with Gasteiger partial charge in [0.25, 0.3) is 11.8 Å². The lowest BCUT2D eigenvalue weighted by Gasteiger charge is -2.34. The van der Waals surface area contributed by atoms with Crippen molar-refractivity contribution in [2.24, 2.45) is 32.9 Å². The highest BCUT2D eigenvalue weighted by Crippen LogP contribution is 2.32. The topological polar surface area (TPSA) is 280 Å². The van der Waals surface area contributed by atoms with Crippen LogP contribution in [0.4, 0.5) is 17.6 Å². The Hall–Kier alpha value is -6.70. The van der Waals surface area contributed by atoms with E-state index in [1.54, 1.807) is 0 Å². The number of aliphatic imine (C=N–C) groups is 2. The number of hydrogen-bond donors (Lipinski definition) is 6. The highest BCUT2D eigenvalue weighted by atomic mass is 32.2. The van der Waals surface area contributed by atoms with Crippen molar-refractivity contribution in [1.29, 1.82) is 0 Å². The quantitative estimate of drug-likeness (QED) is 0.0362. The normalized spacial score (nSPS) is 14.1. The van der Waals surface area contributed by atoms with E-state index in [4.69, 9.17) is 32.4 Å². The van der Waals surface area contributed by atoms with Gasteiger partial charge in [0, 0.05) is 63.5 Å². The summed E-state index contributed by atoms with van der Waals surface area (Å²) in [7, 11) is -7.92. The van der Waals surface area contributed by atoms with Gasteiger partial charge in [0.15, 0.2) is 46.7 Å². The first-order chi connectivity index (χ1) is 31.1. The summed E-state index contributed by atoms with van der Waals surface area (Å²) in [6, 6.07) is 13.6. The second-order valence-corrected chi connectivity index (χ2v) is 18.1. The molecule has 0 atom stereocenters. The predicted molar refractivity (Wildman–Crippen MR) is 238 cm³/mol. The van der Waals surface area contributed by atoms with Gasteiger partial charge in [-0.15, -0.1) is 0 Å². The van der Waals surface area contributed by atoms with Gasteiger partial charge in [-0.1, -0.05) is 0 Å². The van der Waals surface area contributed by atoms with E-state index in [-0.39, 0.29) is 56.7 Å². The third-order valence-corrected chi connectivity index (χ3v) is 12.5. The van der Waals surface area contributed by atoms with Crippen LogP contribution in [0.2, 0.25) is 0 Å². The minimum atomic E-state index is -3.96. The van der Waals surface area contributed by atoms with Crippen LogP contribution >= 0.6 is 0 Å². The molecule has 5 rings (SSSR count). The molecule has 0 bridgehead atoms. The number of nitrogens with zero attached hydrogens (tertiary/aromatic N) is 4. The zero-order chi connectivity index (χ0) is 48.3. The van der Waals surface area contributed by atoms with Crippen molar-refractivity contribution < 1.29 is 53.5 Å². The standard InChI is InChI=1S/C42H46F4N10O8S2/c1-25(39(57)53-41(47)48)19-27-21-33(43)37(34(44)22-27)63-29-3-7-31(8-4-29)65(59,60)51-11-13-55-15-17-56(18-16-55)14-12-52-66(61,62)32-9-5-30(6-10-32)64-38-35(45)23-28(24-36(38)46)20-26(2)40(58)54-42(49)50/h3-10,19-24,51-52H,11-18H2,1-2H3,(H4,47,48,53,57)(H4,49,50,54,58)/b25-19+,26-20+. The lowest BCUT2D eigenvalue weighted by atomic mass is 10.1. The fourth-order valence-electron chi connectivity index (χ4n) is 6.24. The summed E-state index contributed by atoms with van der Waals surface area (Å²) in [5.74, 6) is -8.38. The van der Waals surface area contributed by atoms with Crippen LogP contribution in [-0.4, -0.2) is 103 Å². The number of nitrogens with two attached hydrogens (primary N) is 4. The smallest absolute Gasteiger partial charge is 0.275 e. The fraction of sp³-hybridized carbons (Fsp3) is 0.238. The van der Waals surface area contributed by atoms with Crippen LogP contribution in [0.5, 0.6) is 23.0 Å². The van der Waals surface area contributed by atoms with Gasteiger partial charge < -0.3 is 32.4 Å². The third-order valence-electron chi connectivity index (χ3n) is 9.56. The van der Waals surface area contributed by atoms with Gasteiger partial charge in [-0.3, -0.25) is 19.4 Å². The van der Waals surface area contributed by atoms with E-state index in [0.29, 0.717) is 39.3 Å². The van der Waals surface area contributed by atoms with E-state index < -0.39 is 78.5 Å². The van der Waals surface area contributed by atoms with E-state index in [1.807, 2.05) is 9.80 Å². The Labute approximate surface area is 377 Å². The van der Waals surface area contributed by atoms with Crippen molar-refractivity contribution in [1.82, 2.24) is 19.2 Å². The van der Waals surface area contributed by atoms with Gasteiger partial charge in [0.05, 0.1) is 9.79 Å². The second kappa shape index (κ2) is 22.0. The maximum atomic E-state index is 14.8. The molecule has 24 heteroatoms. The summed E-state index contributed by atoms with van der Waals surface area (Å²) in [5.41, 5.74) is 20.8. The molecule has 1 heterocycles. The number of hydrogen-bond acceptors (Lipinski definition) is 10. The number of rotatable bonds is 18. The van der Waals surface area contributed by atoms with Crippen LogP contribution in [0.25, 0.3) is 12.2 Å². The number of piperazine rings is 1. The molecule has 0 aromatic heterocycles. The van der Waals surface area contributed by atoms with Gasteiger partial charge in [-0.2, -0.15) is 9.98 Å². The first-order valence-electron chi connectivity index (χ1n) is 19.7. The molecule has 1 aliphatic rings. The Morgan fingerprint density at radius 2 is 0.894 bits per heavy atom. The molecule has 0 saturated carbocycles. The lowest BCUT2D eigenvalue weighted by Crippen LogP contribution is -2.49. The molecule has 0 unspecified atom stereocenters. The van der Waals surface area contributed by atoms with Crippen molar-refractivity contribution >= 4 is 55.9 Å². The van der Waals surface area contributed by atoms with Gasteiger partial charge in [0.2, 0.25) is 20.0 Å². The van der Waals surface area contributed by atoms with E-state index in [9.17, 15) is 44.0 Å². The molecule has 0 spiro atoms. The molecule has 66 heavy (non-hydrogen) atoms. The molecule has 4 aromatic carbocycles.